The molecule has 7 heteroatoms. The summed E-state index contributed by atoms with van der Waals surface area (Å²) in [6, 6.07) is 11.1. The summed E-state index contributed by atoms with van der Waals surface area (Å²) < 4.78 is 10.4. The first-order chi connectivity index (χ1) is 12.5. The second-order valence-corrected chi connectivity index (χ2v) is 7.44. The minimum absolute atomic E-state index is 0.0210. The molecule has 2 aromatic carbocycles. The lowest BCUT2D eigenvalue weighted by Gasteiger charge is -2.10. The number of methoxy groups -OCH3 is 2. The third-order valence-corrected chi connectivity index (χ3v) is 5.40. The van der Waals surface area contributed by atoms with E-state index in [2.05, 4.69) is 5.32 Å². The van der Waals surface area contributed by atoms with Crippen LogP contribution in [0.1, 0.15) is 11.1 Å². The van der Waals surface area contributed by atoms with E-state index in [1.54, 1.807) is 38.1 Å². The van der Waals surface area contributed by atoms with Gasteiger partial charge in [0.1, 0.15) is 0 Å². The molecule has 0 spiro atoms. The largest absolute Gasteiger partial charge is 0.493 e. The minimum atomic E-state index is -0.0210. The lowest BCUT2D eigenvalue weighted by atomic mass is 10.1. The summed E-state index contributed by atoms with van der Waals surface area (Å²) >= 11 is 13.6. The van der Waals surface area contributed by atoms with E-state index in [0.29, 0.717) is 34.5 Å². The van der Waals surface area contributed by atoms with Crippen molar-refractivity contribution in [3.05, 3.63) is 57.6 Å². The molecule has 0 saturated carbocycles. The Hall–Kier alpha value is -1.56. The van der Waals surface area contributed by atoms with Crippen LogP contribution in [-0.2, 0) is 17.0 Å². The van der Waals surface area contributed by atoms with E-state index < -0.39 is 0 Å². The van der Waals surface area contributed by atoms with Crippen molar-refractivity contribution in [1.82, 2.24) is 5.32 Å². The van der Waals surface area contributed by atoms with Gasteiger partial charge in [-0.3, -0.25) is 4.79 Å². The highest BCUT2D eigenvalue weighted by atomic mass is 35.5. The molecule has 4 nitrogen and oxygen atoms in total. The molecule has 0 fully saturated rings. The van der Waals surface area contributed by atoms with E-state index in [9.17, 15) is 4.79 Å². The van der Waals surface area contributed by atoms with Crippen molar-refractivity contribution >= 4 is 40.9 Å². The summed E-state index contributed by atoms with van der Waals surface area (Å²) in [7, 11) is 3.16. The maximum atomic E-state index is 12.1. The number of halogens is 2. The third kappa shape index (κ3) is 6.31. The van der Waals surface area contributed by atoms with Crippen LogP contribution in [0, 0.1) is 0 Å². The van der Waals surface area contributed by atoms with Crippen LogP contribution in [-0.4, -0.2) is 32.4 Å². The van der Waals surface area contributed by atoms with Crippen LogP contribution in [0.3, 0.4) is 0 Å². The fraction of sp³-hybridized carbons (Fsp3) is 0.316. The molecule has 0 atom stereocenters. The summed E-state index contributed by atoms with van der Waals surface area (Å²) in [6.45, 7) is 0.609. The quantitative estimate of drug-likeness (QED) is 0.610. The Morgan fingerprint density at radius 2 is 1.73 bits per heavy atom. The number of hydrogen-bond donors (Lipinski definition) is 1. The summed E-state index contributed by atoms with van der Waals surface area (Å²) in [5.74, 6) is 2.89. The van der Waals surface area contributed by atoms with Gasteiger partial charge in [-0.2, -0.15) is 11.8 Å². The van der Waals surface area contributed by atoms with Gasteiger partial charge in [-0.15, -0.1) is 0 Å². The maximum absolute atomic E-state index is 12.1. The molecule has 0 bridgehead atoms. The van der Waals surface area contributed by atoms with Gasteiger partial charge in [-0.1, -0.05) is 35.3 Å². The van der Waals surface area contributed by atoms with Crippen LogP contribution >= 0.6 is 35.0 Å². The van der Waals surface area contributed by atoms with Gasteiger partial charge < -0.3 is 14.8 Å². The Labute approximate surface area is 168 Å². The number of rotatable bonds is 9. The van der Waals surface area contributed by atoms with E-state index in [1.807, 2.05) is 24.3 Å². The number of nitrogens with one attached hydrogen (secondary N) is 1. The predicted molar refractivity (Wildman–Crippen MR) is 109 cm³/mol. The lowest BCUT2D eigenvalue weighted by molar-refractivity contribution is -0.120. The molecule has 0 aliphatic heterocycles. The van der Waals surface area contributed by atoms with Gasteiger partial charge in [-0.05, 0) is 35.4 Å². The topological polar surface area (TPSA) is 47.6 Å². The zero-order valence-electron chi connectivity index (χ0n) is 14.7. The first kappa shape index (κ1) is 20.7. The van der Waals surface area contributed by atoms with Crippen LogP contribution in [0.15, 0.2) is 36.4 Å². The Bertz CT molecular complexity index is 756. The van der Waals surface area contributed by atoms with Crippen molar-refractivity contribution < 1.29 is 14.3 Å². The van der Waals surface area contributed by atoms with Gasteiger partial charge in [0.05, 0.1) is 30.7 Å². The van der Waals surface area contributed by atoms with Gasteiger partial charge in [0, 0.05) is 18.1 Å². The van der Waals surface area contributed by atoms with Crippen molar-refractivity contribution in [2.24, 2.45) is 0 Å². The minimum Gasteiger partial charge on any atom is -0.493 e. The molecular weight excluding hydrogens is 393 g/mol. The Kier molecular flexibility index (Phi) is 8.42. The molecule has 0 radical (unpaired) electrons. The molecule has 0 unspecified atom stereocenters. The number of hydrogen-bond acceptors (Lipinski definition) is 4. The van der Waals surface area contributed by atoms with Crippen LogP contribution < -0.4 is 14.8 Å². The van der Waals surface area contributed by atoms with Gasteiger partial charge in [0.15, 0.2) is 11.5 Å². The van der Waals surface area contributed by atoms with Crippen molar-refractivity contribution in [3.63, 3.8) is 0 Å². The van der Waals surface area contributed by atoms with E-state index in [4.69, 9.17) is 32.7 Å². The monoisotopic (exact) mass is 413 g/mol. The summed E-state index contributed by atoms with van der Waals surface area (Å²) in [6.07, 6.45) is 0.303. The van der Waals surface area contributed by atoms with E-state index >= 15 is 0 Å². The molecule has 0 saturated heterocycles. The smallest absolute Gasteiger partial charge is 0.224 e. The van der Waals surface area contributed by atoms with Crippen molar-refractivity contribution in [2.75, 3.05) is 26.5 Å². The van der Waals surface area contributed by atoms with Gasteiger partial charge in [-0.25, -0.2) is 0 Å². The zero-order chi connectivity index (χ0) is 18.9. The zero-order valence-corrected chi connectivity index (χ0v) is 17.0. The van der Waals surface area contributed by atoms with Gasteiger partial charge in [0.2, 0.25) is 5.91 Å². The fourth-order valence-corrected chi connectivity index (χ4v) is 3.45. The van der Waals surface area contributed by atoms with Crippen LogP contribution in [0.2, 0.25) is 10.0 Å². The second kappa shape index (κ2) is 10.6. The van der Waals surface area contributed by atoms with Crippen LogP contribution in [0.25, 0.3) is 0 Å². The second-order valence-electron chi connectivity index (χ2n) is 5.52. The van der Waals surface area contributed by atoms with E-state index in [-0.39, 0.29) is 5.91 Å². The average molecular weight is 414 g/mol. The Morgan fingerprint density at radius 3 is 2.42 bits per heavy atom. The molecule has 0 aromatic heterocycles. The van der Waals surface area contributed by atoms with Crippen molar-refractivity contribution in [3.8, 4) is 11.5 Å². The van der Waals surface area contributed by atoms with Gasteiger partial charge in [0.25, 0.3) is 0 Å². The fourth-order valence-electron chi connectivity index (χ4n) is 2.32. The number of carbonyl (C=O) groups excluding carboxylic acids is 1. The predicted octanol–water partition coefficient (Wildman–Crippen LogP) is 4.60. The molecule has 140 valence electrons. The first-order valence-corrected chi connectivity index (χ1v) is 9.94. The van der Waals surface area contributed by atoms with E-state index in [1.165, 1.54) is 0 Å². The number of benzene rings is 2. The maximum Gasteiger partial charge on any atom is 0.224 e. The number of ether oxygens (including phenoxy) is 2. The first-order valence-electron chi connectivity index (χ1n) is 8.02. The molecule has 0 heterocycles. The van der Waals surface area contributed by atoms with Gasteiger partial charge >= 0.3 is 0 Å². The number of carbonyl (C=O) groups is 1. The average Bonchev–Trinajstić information content (AvgIpc) is 2.64. The highest BCUT2D eigenvalue weighted by Gasteiger charge is 2.08. The Morgan fingerprint density at radius 1 is 1.00 bits per heavy atom. The molecule has 2 aromatic rings. The third-order valence-electron chi connectivity index (χ3n) is 3.63. The highest BCUT2D eigenvalue weighted by Crippen LogP contribution is 2.27. The summed E-state index contributed by atoms with van der Waals surface area (Å²) in [5.41, 5.74) is 1.99. The Balaban J connectivity index is 1.71. The summed E-state index contributed by atoms with van der Waals surface area (Å²) in [5, 5.41) is 4.05. The normalized spacial score (nSPS) is 10.5. The van der Waals surface area contributed by atoms with Crippen molar-refractivity contribution in [1.29, 1.82) is 0 Å². The van der Waals surface area contributed by atoms with Crippen LogP contribution in [0.4, 0.5) is 0 Å². The SMILES string of the molecule is COc1ccc(CC(=O)NCCSCc2ccc(Cl)c(Cl)c2)cc1OC. The highest BCUT2D eigenvalue weighted by molar-refractivity contribution is 7.98. The lowest BCUT2D eigenvalue weighted by Crippen LogP contribution is -2.27. The molecule has 1 amide bonds. The molecule has 26 heavy (non-hydrogen) atoms. The summed E-state index contributed by atoms with van der Waals surface area (Å²) in [4.78, 5) is 12.1. The van der Waals surface area contributed by atoms with E-state index in [0.717, 1.165) is 22.6 Å². The molecule has 0 aliphatic carbocycles. The molecular formula is C19H21Cl2NO3S. The number of amides is 1. The standard InChI is InChI=1S/C19H21Cl2NO3S/c1-24-17-6-4-13(10-18(17)25-2)11-19(23)22-7-8-26-12-14-3-5-15(20)16(21)9-14/h3-6,9-10H,7-8,11-12H2,1-2H3,(H,22,23). The molecule has 1 N–H and O–H groups in total. The number of thioether (sulfide) groups is 1. The molecule has 2 rings (SSSR count). The van der Waals surface area contributed by atoms with Crippen molar-refractivity contribution in [2.45, 2.75) is 12.2 Å². The molecule has 0 aliphatic rings. The van der Waals surface area contributed by atoms with Crippen LogP contribution in [0.5, 0.6) is 11.5 Å².